The SMILES string of the molecule is COCCNC(=O)[C@@H](OC(=O)c1ccco1)c1ccc(OC)cc1. The molecule has 0 unspecified atom stereocenters. The van der Waals surface area contributed by atoms with E-state index in [9.17, 15) is 9.59 Å². The van der Waals surface area contributed by atoms with Gasteiger partial charge in [-0.05, 0) is 24.3 Å². The lowest BCUT2D eigenvalue weighted by Crippen LogP contribution is -2.34. The summed E-state index contributed by atoms with van der Waals surface area (Å²) in [5, 5.41) is 2.66. The van der Waals surface area contributed by atoms with Crippen molar-refractivity contribution in [1.82, 2.24) is 5.32 Å². The number of furan rings is 1. The normalized spacial score (nSPS) is 11.6. The molecular formula is C17H19NO6. The minimum atomic E-state index is -1.11. The minimum absolute atomic E-state index is 0.0261. The molecule has 2 aromatic rings. The molecule has 0 aliphatic heterocycles. The summed E-state index contributed by atoms with van der Waals surface area (Å²) >= 11 is 0. The van der Waals surface area contributed by atoms with Crippen molar-refractivity contribution in [2.24, 2.45) is 0 Å². The van der Waals surface area contributed by atoms with Gasteiger partial charge in [0, 0.05) is 19.2 Å². The summed E-state index contributed by atoms with van der Waals surface area (Å²) in [4.78, 5) is 24.5. The lowest BCUT2D eigenvalue weighted by atomic mass is 10.1. The quantitative estimate of drug-likeness (QED) is 0.587. The number of rotatable bonds is 8. The smallest absolute Gasteiger partial charge is 0.375 e. The highest BCUT2D eigenvalue weighted by atomic mass is 16.6. The van der Waals surface area contributed by atoms with Crippen LogP contribution >= 0.6 is 0 Å². The lowest BCUT2D eigenvalue weighted by molar-refractivity contribution is -0.130. The Morgan fingerprint density at radius 3 is 2.50 bits per heavy atom. The zero-order valence-electron chi connectivity index (χ0n) is 13.5. The van der Waals surface area contributed by atoms with E-state index < -0.39 is 18.0 Å². The highest BCUT2D eigenvalue weighted by molar-refractivity contribution is 5.90. The number of nitrogens with one attached hydrogen (secondary N) is 1. The fourth-order valence-electron chi connectivity index (χ4n) is 1.98. The van der Waals surface area contributed by atoms with Crippen molar-refractivity contribution in [3.05, 3.63) is 54.0 Å². The molecule has 1 aromatic heterocycles. The van der Waals surface area contributed by atoms with E-state index in [1.807, 2.05) is 0 Å². The van der Waals surface area contributed by atoms with Gasteiger partial charge in [0.15, 0.2) is 0 Å². The summed E-state index contributed by atoms with van der Waals surface area (Å²) in [6.45, 7) is 0.660. The average molecular weight is 333 g/mol. The number of esters is 1. The molecule has 0 fully saturated rings. The molecule has 0 saturated heterocycles. The molecule has 0 bridgehead atoms. The van der Waals surface area contributed by atoms with Crippen molar-refractivity contribution < 1.29 is 28.2 Å². The maximum absolute atomic E-state index is 12.4. The molecule has 7 nitrogen and oxygen atoms in total. The van der Waals surface area contributed by atoms with Crippen molar-refractivity contribution in [3.8, 4) is 5.75 Å². The van der Waals surface area contributed by atoms with Crippen molar-refractivity contribution >= 4 is 11.9 Å². The number of ether oxygens (including phenoxy) is 3. The van der Waals surface area contributed by atoms with E-state index in [0.717, 1.165) is 0 Å². The van der Waals surface area contributed by atoms with Crippen molar-refractivity contribution in [1.29, 1.82) is 0 Å². The zero-order chi connectivity index (χ0) is 17.4. The second kappa shape index (κ2) is 8.73. The molecule has 1 atom stereocenters. The van der Waals surface area contributed by atoms with E-state index >= 15 is 0 Å². The van der Waals surface area contributed by atoms with Crippen LogP contribution in [0.3, 0.4) is 0 Å². The Kier molecular flexibility index (Phi) is 6.39. The molecule has 7 heteroatoms. The van der Waals surface area contributed by atoms with Crippen LogP contribution in [0, 0.1) is 0 Å². The number of amides is 1. The van der Waals surface area contributed by atoms with E-state index in [1.165, 1.54) is 19.4 Å². The van der Waals surface area contributed by atoms with Crippen LogP contribution in [0.1, 0.15) is 22.2 Å². The highest BCUT2D eigenvalue weighted by Crippen LogP contribution is 2.22. The second-order valence-electron chi connectivity index (χ2n) is 4.82. The fourth-order valence-corrected chi connectivity index (χ4v) is 1.98. The molecule has 0 spiro atoms. The predicted octanol–water partition coefficient (Wildman–Crippen LogP) is 1.95. The van der Waals surface area contributed by atoms with Crippen LogP contribution in [0.25, 0.3) is 0 Å². The molecule has 128 valence electrons. The summed E-state index contributed by atoms with van der Waals surface area (Å²) in [5.41, 5.74) is 0.519. The van der Waals surface area contributed by atoms with E-state index in [1.54, 1.807) is 37.4 Å². The second-order valence-corrected chi connectivity index (χ2v) is 4.82. The van der Waals surface area contributed by atoms with E-state index in [-0.39, 0.29) is 5.76 Å². The van der Waals surface area contributed by atoms with Gasteiger partial charge in [0.05, 0.1) is 20.0 Å². The molecule has 0 aliphatic carbocycles. The van der Waals surface area contributed by atoms with Crippen molar-refractivity contribution in [3.63, 3.8) is 0 Å². The molecule has 0 radical (unpaired) electrons. The molecule has 0 aliphatic rings. The monoisotopic (exact) mass is 333 g/mol. The molecule has 24 heavy (non-hydrogen) atoms. The van der Waals surface area contributed by atoms with Gasteiger partial charge < -0.3 is 23.9 Å². The van der Waals surface area contributed by atoms with Gasteiger partial charge in [-0.3, -0.25) is 4.79 Å². The number of benzene rings is 1. The fraction of sp³-hybridized carbons (Fsp3) is 0.294. The number of hydrogen-bond donors (Lipinski definition) is 1. The van der Waals surface area contributed by atoms with Crippen LogP contribution in [0.2, 0.25) is 0 Å². The Morgan fingerprint density at radius 1 is 1.17 bits per heavy atom. The number of methoxy groups -OCH3 is 2. The third kappa shape index (κ3) is 4.60. The topological polar surface area (TPSA) is 87.0 Å². The maximum atomic E-state index is 12.4. The van der Waals surface area contributed by atoms with Crippen molar-refractivity contribution in [2.75, 3.05) is 27.4 Å². The van der Waals surface area contributed by atoms with Crippen LogP contribution in [0.4, 0.5) is 0 Å². The van der Waals surface area contributed by atoms with Gasteiger partial charge in [0.1, 0.15) is 5.75 Å². The Morgan fingerprint density at radius 2 is 1.92 bits per heavy atom. The van der Waals surface area contributed by atoms with Gasteiger partial charge in [0.2, 0.25) is 11.9 Å². The third-order valence-electron chi connectivity index (χ3n) is 3.21. The van der Waals surface area contributed by atoms with E-state index in [2.05, 4.69) is 5.32 Å². The van der Waals surface area contributed by atoms with Crippen molar-refractivity contribution in [2.45, 2.75) is 6.10 Å². The number of carbonyl (C=O) groups is 2. The van der Waals surface area contributed by atoms with Crippen LogP contribution in [0.15, 0.2) is 47.1 Å². The first-order valence-corrected chi connectivity index (χ1v) is 7.30. The number of hydrogen-bond acceptors (Lipinski definition) is 6. The van der Waals surface area contributed by atoms with Gasteiger partial charge in [-0.25, -0.2) is 4.79 Å². The first-order valence-electron chi connectivity index (χ1n) is 7.30. The largest absolute Gasteiger partial charge is 0.497 e. The van der Waals surface area contributed by atoms with E-state index in [0.29, 0.717) is 24.5 Å². The Balaban J connectivity index is 2.16. The van der Waals surface area contributed by atoms with Gasteiger partial charge in [-0.15, -0.1) is 0 Å². The lowest BCUT2D eigenvalue weighted by Gasteiger charge is -2.17. The average Bonchev–Trinajstić information content (AvgIpc) is 3.14. The minimum Gasteiger partial charge on any atom is -0.497 e. The molecular weight excluding hydrogens is 314 g/mol. The molecule has 1 N–H and O–H groups in total. The maximum Gasteiger partial charge on any atom is 0.375 e. The predicted molar refractivity (Wildman–Crippen MR) is 84.7 cm³/mol. The Bertz CT molecular complexity index is 650. The summed E-state index contributed by atoms with van der Waals surface area (Å²) in [6, 6.07) is 9.73. The highest BCUT2D eigenvalue weighted by Gasteiger charge is 2.26. The third-order valence-corrected chi connectivity index (χ3v) is 3.21. The first kappa shape index (κ1) is 17.6. The summed E-state index contributed by atoms with van der Waals surface area (Å²) in [7, 11) is 3.07. The Labute approximate surface area is 139 Å². The van der Waals surface area contributed by atoms with E-state index in [4.69, 9.17) is 18.6 Å². The summed E-state index contributed by atoms with van der Waals surface area (Å²) in [6.07, 6.45) is 0.253. The van der Waals surface area contributed by atoms with Gasteiger partial charge in [-0.2, -0.15) is 0 Å². The van der Waals surface area contributed by atoms with Crippen LogP contribution in [-0.4, -0.2) is 39.2 Å². The molecule has 1 amide bonds. The van der Waals surface area contributed by atoms with Crippen LogP contribution in [0.5, 0.6) is 5.75 Å². The molecule has 0 saturated carbocycles. The number of carbonyl (C=O) groups excluding carboxylic acids is 2. The standard InChI is InChI=1S/C17H19NO6/c1-21-11-9-18-16(19)15(12-5-7-13(22-2)8-6-12)24-17(20)14-4-3-10-23-14/h3-8,10,15H,9,11H2,1-2H3,(H,18,19)/t15-/m0/s1. The van der Waals surface area contributed by atoms with Gasteiger partial charge in [0.25, 0.3) is 5.91 Å². The van der Waals surface area contributed by atoms with Gasteiger partial charge >= 0.3 is 5.97 Å². The molecule has 1 heterocycles. The zero-order valence-corrected chi connectivity index (χ0v) is 13.5. The Hall–Kier alpha value is -2.80. The summed E-state index contributed by atoms with van der Waals surface area (Å²) < 4.78 is 20.3. The first-order chi connectivity index (χ1) is 11.7. The van der Waals surface area contributed by atoms with Crippen LogP contribution < -0.4 is 10.1 Å². The molecule has 1 aromatic carbocycles. The molecule has 2 rings (SSSR count). The van der Waals surface area contributed by atoms with Crippen LogP contribution in [-0.2, 0) is 14.3 Å². The van der Waals surface area contributed by atoms with Gasteiger partial charge in [-0.1, -0.05) is 12.1 Å². The summed E-state index contributed by atoms with van der Waals surface area (Å²) in [5.74, 6) is -0.507.